The van der Waals surface area contributed by atoms with Crippen LogP contribution in [0.15, 0.2) is 48.1 Å². The van der Waals surface area contributed by atoms with Crippen LogP contribution in [0, 0.1) is 0 Å². The Balaban J connectivity index is 1.82. The molecule has 6 heteroatoms. The first-order valence-electron chi connectivity index (χ1n) is 6.50. The lowest BCUT2D eigenvalue weighted by Crippen LogP contribution is -2.08. The molecule has 0 aliphatic rings. The highest BCUT2D eigenvalue weighted by Gasteiger charge is 2.10. The quantitative estimate of drug-likeness (QED) is 0.781. The summed E-state index contributed by atoms with van der Waals surface area (Å²) in [7, 11) is 0. The average molecular weight is 285 g/mol. The van der Waals surface area contributed by atoms with E-state index in [4.69, 9.17) is 0 Å². The van der Waals surface area contributed by atoms with E-state index in [0.29, 0.717) is 6.04 Å². The highest BCUT2D eigenvalue weighted by atomic mass is 32.1. The lowest BCUT2D eigenvalue weighted by atomic mass is 10.1. The smallest absolute Gasteiger partial charge is 0.143 e. The number of thiophene rings is 1. The summed E-state index contributed by atoms with van der Waals surface area (Å²) in [5.41, 5.74) is 2.01. The van der Waals surface area contributed by atoms with E-state index in [2.05, 4.69) is 51.3 Å². The lowest BCUT2D eigenvalue weighted by molar-refractivity contribution is 0.762. The normalized spacial score (nSPS) is 12.2. The summed E-state index contributed by atoms with van der Waals surface area (Å²) in [5.74, 6) is 0. The van der Waals surface area contributed by atoms with E-state index in [1.807, 2.05) is 18.2 Å². The molecular formula is C14H15N5S. The molecule has 102 valence electrons. The Morgan fingerprint density at radius 1 is 1.30 bits per heavy atom. The summed E-state index contributed by atoms with van der Waals surface area (Å²) in [4.78, 5) is 1.35. The van der Waals surface area contributed by atoms with Crippen molar-refractivity contribution in [3.05, 3.63) is 53.0 Å². The van der Waals surface area contributed by atoms with Gasteiger partial charge in [0.25, 0.3) is 0 Å². The van der Waals surface area contributed by atoms with Gasteiger partial charge in [0, 0.05) is 10.6 Å². The molecule has 1 N–H and O–H groups in total. The van der Waals surface area contributed by atoms with Crippen LogP contribution in [0.2, 0.25) is 0 Å². The van der Waals surface area contributed by atoms with Gasteiger partial charge in [0.2, 0.25) is 0 Å². The van der Waals surface area contributed by atoms with Gasteiger partial charge < -0.3 is 5.32 Å². The summed E-state index contributed by atoms with van der Waals surface area (Å²) in [6.07, 6.45) is 2.63. The first-order valence-corrected chi connectivity index (χ1v) is 7.38. The molecule has 3 rings (SSSR count). The average Bonchev–Trinajstić information content (AvgIpc) is 3.17. The number of nitrogens with one attached hydrogen (secondary N) is 1. The maximum Gasteiger partial charge on any atom is 0.143 e. The summed E-state index contributed by atoms with van der Waals surface area (Å²) < 4.78 is 1.65. The fourth-order valence-electron chi connectivity index (χ4n) is 2.08. The topological polar surface area (TPSA) is 55.6 Å². The second-order valence-electron chi connectivity index (χ2n) is 4.43. The molecule has 1 atom stereocenters. The number of benzene rings is 1. The number of anilines is 1. The van der Waals surface area contributed by atoms with Crippen molar-refractivity contribution < 1.29 is 0 Å². The zero-order valence-corrected chi connectivity index (χ0v) is 11.9. The number of aromatic nitrogens is 4. The summed E-state index contributed by atoms with van der Waals surface area (Å²) in [6.45, 7) is 2.18. The van der Waals surface area contributed by atoms with Gasteiger partial charge in [-0.2, -0.15) is 0 Å². The van der Waals surface area contributed by atoms with Crippen LogP contribution in [0.25, 0.3) is 5.69 Å². The van der Waals surface area contributed by atoms with E-state index in [1.165, 1.54) is 4.88 Å². The minimum Gasteiger partial charge on any atom is -0.377 e. The van der Waals surface area contributed by atoms with Crippen LogP contribution in [0.1, 0.15) is 24.3 Å². The van der Waals surface area contributed by atoms with Gasteiger partial charge in [0.05, 0.1) is 11.7 Å². The van der Waals surface area contributed by atoms with Crippen molar-refractivity contribution in [1.29, 1.82) is 0 Å². The second-order valence-corrected chi connectivity index (χ2v) is 5.40. The minimum atomic E-state index is 0.333. The molecule has 1 unspecified atom stereocenters. The first-order chi connectivity index (χ1) is 9.86. The zero-order chi connectivity index (χ0) is 13.8. The molecule has 3 aromatic rings. The Bertz CT molecular complexity index is 648. The maximum absolute atomic E-state index is 3.91. The molecule has 2 aromatic heterocycles. The Labute approximate surface area is 121 Å². The minimum absolute atomic E-state index is 0.333. The molecule has 0 spiro atoms. The van der Waals surface area contributed by atoms with Crippen molar-refractivity contribution in [3.8, 4) is 5.69 Å². The number of hydrogen-bond acceptors (Lipinski definition) is 5. The van der Waals surface area contributed by atoms with Gasteiger partial charge in [-0.05, 0) is 46.5 Å². The van der Waals surface area contributed by atoms with Gasteiger partial charge >= 0.3 is 0 Å². The van der Waals surface area contributed by atoms with Crippen LogP contribution >= 0.6 is 11.3 Å². The standard InChI is InChI=1S/C14H15N5S/c1-2-13(14-7-4-8-20-14)16-11-5-3-6-12(9-11)19-10-15-17-18-19/h3-10,13,16H,2H2,1H3. The third-order valence-corrected chi connectivity index (χ3v) is 4.08. The number of hydrogen-bond donors (Lipinski definition) is 1. The van der Waals surface area contributed by atoms with Crippen molar-refractivity contribution >= 4 is 17.0 Å². The van der Waals surface area contributed by atoms with Gasteiger partial charge in [0.15, 0.2) is 0 Å². The van der Waals surface area contributed by atoms with Crippen molar-refractivity contribution in [2.45, 2.75) is 19.4 Å². The van der Waals surface area contributed by atoms with E-state index < -0.39 is 0 Å². The maximum atomic E-state index is 3.91. The van der Waals surface area contributed by atoms with Crippen LogP contribution in [-0.4, -0.2) is 20.2 Å². The van der Waals surface area contributed by atoms with E-state index in [0.717, 1.165) is 17.8 Å². The number of rotatable bonds is 5. The highest BCUT2D eigenvalue weighted by molar-refractivity contribution is 7.10. The van der Waals surface area contributed by atoms with E-state index in [1.54, 1.807) is 22.3 Å². The molecule has 0 fully saturated rings. The van der Waals surface area contributed by atoms with Crippen LogP contribution < -0.4 is 5.32 Å². The van der Waals surface area contributed by atoms with E-state index in [-0.39, 0.29) is 0 Å². The lowest BCUT2D eigenvalue weighted by Gasteiger charge is -2.17. The van der Waals surface area contributed by atoms with Crippen LogP contribution in [-0.2, 0) is 0 Å². The van der Waals surface area contributed by atoms with Gasteiger partial charge in [-0.3, -0.25) is 0 Å². The first kappa shape index (κ1) is 12.8. The summed E-state index contributed by atoms with van der Waals surface area (Å²) in [6, 6.07) is 12.7. The third-order valence-electron chi connectivity index (χ3n) is 3.10. The van der Waals surface area contributed by atoms with Gasteiger partial charge in [-0.15, -0.1) is 16.4 Å². The Morgan fingerprint density at radius 3 is 2.95 bits per heavy atom. The zero-order valence-electron chi connectivity index (χ0n) is 11.1. The van der Waals surface area contributed by atoms with Gasteiger partial charge in [-0.1, -0.05) is 19.1 Å². The highest BCUT2D eigenvalue weighted by Crippen LogP contribution is 2.26. The van der Waals surface area contributed by atoms with E-state index in [9.17, 15) is 0 Å². The Kier molecular flexibility index (Phi) is 3.73. The fourth-order valence-corrected chi connectivity index (χ4v) is 2.94. The predicted molar refractivity (Wildman–Crippen MR) is 80.1 cm³/mol. The molecule has 0 aliphatic heterocycles. The molecule has 2 heterocycles. The van der Waals surface area contributed by atoms with Crippen LogP contribution in [0.3, 0.4) is 0 Å². The Hall–Kier alpha value is -2.21. The van der Waals surface area contributed by atoms with Crippen molar-refractivity contribution in [2.75, 3.05) is 5.32 Å². The third kappa shape index (κ3) is 2.70. The molecule has 0 bridgehead atoms. The molecule has 0 saturated carbocycles. The molecule has 0 saturated heterocycles. The molecular weight excluding hydrogens is 270 g/mol. The molecule has 0 aliphatic carbocycles. The molecule has 0 amide bonds. The van der Waals surface area contributed by atoms with Crippen molar-refractivity contribution in [3.63, 3.8) is 0 Å². The largest absolute Gasteiger partial charge is 0.377 e. The summed E-state index contributed by atoms with van der Waals surface area (Å²) in [5, 5.41) is 16.9. The predicted octanol–water partition coefficient (Wildman–Crippen LogP) is 3.29. The summed E-state index contributed by atoms with van der Waals surface area (Å²) >= 11 is 1.78. The second kappa shape index (κ2) is 5.83. The van der Waals surface area contributed by atoms with Crippen LogP contribution in [0.5, 0.6) is 0 Å². The van der Waals surface area contributed by atoms with Gasteiger partial charge in [0.1, 0.15) is 6.33 Å². The van der Waals surface area contributed by atoms with Gasteiger partial charge in [-0.25, -0.2) is 4.68 Å². The number of tetrazole rings is 1. The van der Waals surface area contributed by atoms with Crippen molar-refractivity contribution in [2.24, 2.45) is 0 Å². The molecule has 1 aromatic carbocycles. The molecule has 0 radical (unpaired) electrons. The molecule has 5 nitrogen and oxygen atoms in total. The van der Waals surface area contributed by atoms with Crippen molar-refractivity contribution in [1.82, 2.24) is 20.2 Å². The Morgan fingerprint density at radius 2 is 2.25 bits per heavy atom. The van der Waals surface area contributed by atoms with E-state index >= 15 is 0 Å². The fraction of sp³-hybridized carbons (Fsp3) is 0.214. The van der Waals surface area contributed by atoms with Crippen LogP contribution in [0.4, 0.5) is 5.69 Å². The number of nitrogens with zero attached hydrogens (tertiary/aromatic N) is 4. The molecule has 20 heavy (non-hydrogen) atoms. The monoisotopic (exact) mass is 285 g/mol. The SMILES string of the molecule is CCC(Nc1cccc(-n2cnnn2)c1)c1cccs1.